The lowest BCUT2D eigenvalue weighted by Gasteiger charge is -2.11. The first kappa shape index (κ1) is 18.8. The lowest BCUT2D eigenvalue weighted by atomic mass is 10.1. The first-order chi connectivity index (χ1) is 11.4. The molecule has 0 saturated carbocycles. The molecule has 0 unspecified atom stereocenters. The molecule has 0 spiro atoms. The predicted octanol–water partition coefficient (Wildman–Crippen LogP) is 3.30. The summed E-state index contributed by atoms with van der Waals surface area (Å²) in [5.41, 5.74) is 1.83. The van der Waals surface area contributed by atoms with E-state index >= 15 is 0 Å². The van der Waals surface area contributed by atoms with Gasteiger partial charge >= 0.3 is 0 Å². The van der Waals surface area contributed by atoms with Crippen molar-refractivity contribution in [3.8, 4) is 11.5 Å². The van der Waals surface area contributed by atoms with Gasteiger partial charge in [-0.1, -0.05) is 22.0 Å². The molecular formula is C17H20BrNO4S. The lowest BCUT2D eigenvalue weighted by Crippen LogP contribution is -2.26. The van der Waals surface area contributed by atoms with Crippen molar-refractivity contribution in [1.82, 2.24) is 4.72 Å². The molecule has 1 N–H and O–H groups in total. The van der Waals surface area contributed by atoms with Crippen LogP contribution in [0.25, 0.3) is 0 Å². The summed E-state index contributed by atoms with van der Waals surface area (Å²) >= 11 is 3.37. The highest BCUT2D eigenvalue weighted by atomic mass is 79.9. The number of aryl methyl sites for hydroxylation is 1. The normalized spacial score (nSPS) is 11.3. The summed E-state index contributed by atoms with van der Waals surface area (Å²) in [5.74, 6) is 1.27. The molecule has 0 radical (unpaired) electrons. The third kappa shape index (κ3) is 4.49. The fraction of sp³-hybridized carbons (Fsp3) is 0.294. The van der Waals surface area contributed by atoms with Gasteiger partial charge in [0, 0.05) is 11.0 Å². The van der Waals surface area contributed by atoms with Gasteiger partial charge in [-0.05, 0) is 54.8 Å². The monoisotopic (exact) mass is 413 g/mol. The van der Waals surface area contributed by atoms with Crippen LogP contribution in [0.15, 0.2) is 45.8 Å². The second-order valence-electron chi connectivity index (χ2n) is 5.25. The van der Waals surface area contributed by atoms with Gasteiger partial charge in [0.25, 0.3) is 0 Å². The smallest absolute Gasteiger partial charge is 0.240 e. The number of halogens is 1. The summed E-state index contributed by atoms with van der Waals surface area (Å²) in [6, 6.07) is 10.5. The van der Waals surface area contributed by atoms with Crippen LogP contribution in [0.3, 0.4) is 0 Å². The first-order valence-corrected chi connectivity index (χ1v) is 9.61. The molecule has 7 heteroatoms. The number of rotatable bonds is 7. The van der Waals surface area contributed by atoms with Crippen molar-refractivity contribution in [2.75, 3.05) is 20.8 Å². The number of nitrogens with one attached hydrogen (secondary N) is 1. The van der Waals surface area contributed by atoms with E-state index < -0.39 is 10.0 Å². The Bertz CT molecular complexity index is 821. The Balaban J connectivity index is 2.04. The fourth-order valence-corrected chi connectivity index (χ4v) is 3.60. The standard InChI is InChI=1S/C17H20BrNO4S/c1-12-10-14(5-6-15(12)18)24(20,21)19-9-8-13-4-7-16(22-2)17(11-13)23-3/h4-7,10-11,19H,8-9H2,1-3H3. The zero-order valence-corrected chi connectivity index (χ0v) is 16.2. The van der Waals surface area contributed by atoms with Gasteiger partial charge in [-0.2, -0.15) is 0 Å². The number of benzene rings is 2. The van der Waals surface area contributed by atoms with E-state index in [1.807, 2.05) is 19.1 Å². The molecule has 0 fully saturated rings. The van der Waals surface area contributed by atoms with Crippen LogP contribution < -0.4 is 14.2 Å². The van der Waals surface area contributed by atoms with E-state index in [4.69, 9.17) is 9.47 Å². The van der Waals surface area contributed by atoms with E-state index in [0.717, 1.165) is 15.6 Å². The maximum Gasteiger partial charge on any atom is 0.240 e. The molecule has 5 nitrogen and oxygen atoms in total. The van der Waals surface area contributed by atoms with Gasteiger partial charge in [0.2, 0.25) is 10.0 Å². The van der Waals surface area contributed by atoms with Crippen molar-refractivity contribution in [2.45, 2.75) is 18.2 Å². The summed E-state index contributed by atoms with van der Waals surface area (Å²) in [6.07, 6.45) is 0.551. The zero-order chi connectivity index (χ0) is 17.7. The summed E-state index contributed by atoms with van der Waals surface area (Å²) < 4.78 is 38.6. The minimum absolute atomic E-state index is 0.260. The molecule has 24 heavy (non-hydrogen) atoms. The Morgan fingerprint density at radius 1 is 1.04 bits per heavy atom. The Labute approximate surface area is 151 Å². The average molecular weight is 414 g/mol. The van der Waals surface area contributed by atoms with Crippen LogP contribution in [-0.4, -0.2) is 29.2 Å². The zero-order valence-electron chi connectivity index (χ0n) is 13.8. The molecule has 0 aliphatic heterocycles. The Morgan fingerprint density at radius 3 is 2.38 bits per heavy atom. The average Bonchev–Trinajstić information content (AvgIpc) is 2.56. The van der Waals surface area contributed by atoms with Crippen LogP contribution in [0.2, 0.25) is 0 Å². The number of hydrogen-bond donors (Lipinski definition) is 1. The van der Waals surface area contributed by atoms with Gasteiger partial charge in [0.15, 0.2) is 11.5 Å². The van der Waals surface area contributed by atoms with Gasteiger partial charge in [-0.25, -0.2) is 13.1 Å². The number of methoxy groups -OCH3 is 2. The van der Waals surface area contributed by atoms with Crippen molar-refractivity contribution in [1.29, 1.82) is 0 Å². The maximum atomic E-state index is 12.3. The van der Waals surface area contributed by atoms with Crippen molar-refractivity contribution in [2.24, 2.45) is 0 Å². The second-order valence-corrected chi connectivity index (χ2v) is 7.87. The molecule has 0 aromatic heterocycles. The summed E-state index contributed by atoms with van der Waals surface area (Å²) in [6.45, 7) is 2.15. The molecule has 0 aliphatic rings. The second kappa shape index (κ2) is 8.00. The minimum atomic E-state index is -3.52. The minimum Gasteiger partial charge on any atom is -0.493 e. The Hall–Kier alpha value is -1.57. The molecule has 0 saturated heterocycles. The topological polar surface area (TPSA) is 64.6 Å². The van der Waals surface area contributed by atoms with Crippen LogP contribution in [-0.2, 0) is 16.4 Å². The van der Waals surface area contributed by atoms with Crippen molar-refractivity contribution >= 4 is 26.0 Å². The van der Waals surface area contributed by atoms with Gasteiger partial charge in [0.05, 0.1) is 19.1 Å². The molecule has 2 rings (SSSR count). The number of ether oxygens (including phenoxy) is 2. The summed E-state index contributed by atoms with van der Waals surface area (Å²) in [4.78, 5) is 0.260. The van der Waals surface area contributed by atoms with E-state index in [1.54, 1.807) is 38.5 Å². The van der Waals surface area contributed by atoms with E-state index in [1.165, 1.54) is 0 Å². The lowest BCUT2D eigenvalue weighted by molar-refractivity contribution is 0.354. The summed E-state index contributed by atoms with van der Waals surface area (Å²) in [5, 5.41) is 0. The van der Waals surface area contributed by atoms with Crippen molar-refractivity contribution in [3.05, 3.63) is 52.0 Å². The Kier molecular flexibility index (Phi) is 6.26. The van der Waals surface area contributed by atoms with Crippen molar-refractivity contribution in [3.63, 3.8) is 0 Å². The van der Waals surface area contributed by atoms with E-state index in [9.17, 15) is 8.42 Å². The highest BCUT2D eigenvalue weighted by Crippen LogP contribution is 2.27. The van der Waals surface area contributed by atoms with Crippen molar-refractivity contribution < 1.29 is 17.9 Å². The highest BCUT2D eigenvalue weighted by Gasteiger charge is 2.14. The molecule has 0 bridgehead atoms. The Morgan fingerprint density at radius 2 is 1.75 bits per heavy atom. The van der Waals surface area contributed by atoms with Gasteiger partial charge in [-0.3, -0.25) is 0 Å². The van der Waals surface area contributed by atoms with Crippen LogP contribution in [0.5, 0.6) is 11.5 Å². The van der Waals surface area contributed by atoms with Crippen LogP contribution in [0, 0.1) is 6.92 Å². The summed E-state index contributed by atoms with van der Waals surface area (Å²) in [7, 11) is -0.380. The van der Waals surface area contributed by atoms with Gasteiger partial charge < -0.3 is 9.47 Å². The third-order valence-corrected chi connectivity index (χ3v) is 5.94. The molecule has 0 amide bonds. The number of sulfonamides is 1. The maximum absolute atomic E-state index is 12.3. The molecule has 0 atom stereocenters. The molecular weight excluding hydrogens is 394 g/mol. The molecule has 130 valence electrons. The first-order valence-electron chi connectivity index (χ1n) is 7.34. The molecule has 0 aliphatic carbocycles. The highest BCUT2D eigenvalue weighted by molar-refractivity contribution is 9.10. The van der Waals surface area contributed by atoms with E-state index in [2.05, 4.69) is 20.7 Å². The fourth-order valence-electron chi connectivity index (χ4n) is 2.23. The third-order valence-electron chi connectivity index (χ3n) is 3.59. The SMILES string of the molecule is COc1ccc(CCNS(=O)(=O)c2ccc(Br)c(C)c2)cc1OC. The van der Waals surface area contributed by atoms with Crippen LogP contribution in [0.1, 0.15) is 11.1 Å². The van der Waals surface area contributed by atoms with Crippen LogP contribution in [0.4, 0.5) is 0 Å². The van der Waals surface area contributed by atoms with E-state index in [-0.39, 0.29) is 4.90 Å². The molecule has 2 aromatic rings. The van der Waals surface area contributed by atoms with E-state index in [0.29, 0.717) is 24.5 Å². The number of hydrogen-bond acceptors (Lipinski definition) is 4. The quantitative estimate of drug-likeness (QED) is 0.755. The van der Waals surface area contributed by atoms with Gasteiger partial charge in [-0.15, -0.1) is 0 Å². The molecule has 2 aromatic carbocycles. The molecule has 0 heterocycles. The predicted molar refractivity (Wildman–Crippen MR) is 97.3 cm³/mol. The van der Waals surface area contributed by atoms with Gasteiger partial charge in [0.1, 0.15) is 0 Å². The van der Waals surface area contributed by atoms with Crippen LogP contribution >= 0.6 is 15.9 Å². The largest absolute Gasteiger partial charge is 0.493 e.